The van der Waals surface area contributed by atoms with Crippen LogP contribution in [0.4, 0.5) is 0 Å². The number of ether oxygens (including phenoxy) is 1. The first-order chi connectivity index (χ1) is 11.3. The number of benzene rings is 1. The van der Waals surface area contributed by atoms with E-state index < -0.39 is 9.84 Å². The molecule has 0 amide bonds. The molecule has 1 aromatic carbocycles. The molecule has 1 aliphatic rings. The predicted octanol–water partition coefficient (Wildman–Crippen LogP) is 2.08. The molecule has 1 heterocycles. The first kappa shape index (κ1) is 22.2. The van der Waals surface area contributed by atoms with Crippen LogP contribution in [-0.4, -0.2) is 46.4 Å². The average Bonchev–Trinajstić information content (AvgIpc) is 2.94. The topological polar surface area (TPSA) is 79.8 Å². The summed E-state index contributed by atoms with van der Waals surface area (Å²) in [6.45, 7) is 4.28. The lowest BCUT2D eigenvalue weighted by Gasteiger charge is -2.24. The zero-order valence-corrected chi connectivity index (χ0v) is 18.2. The highest BCUT2D eigenvalue weighted by atomic mass is 127. The Morgan fingerprint density at radius 1 is 1.24 bits per heavy atom. The number of halogens is 1. The Morgan fingerprint density at radius 3 is 2.40 bits per heavy atom. The van der Waals surface area contributed by atoms with Gasteiger partial charge in [0.15, 0.2) is 15.8 Å². The van der Waals surface area contributed by atoms with Gasteiger partial charge in [0.05, 0.1) is 11.4 Å². The fraction of sp³-hybridized carbons (Fsp3) is 0.588. The smallest absolute Gasteiger partial charge is 0.191 e. The van der Waals surface area contributed by atoms with Crippen LogP contribution in [0, 0.1) is 0 Å². The molecular formula is C17H28IN3O3S. The Bertz CT molecular complexity index is 669. The molecule has 0 bridgehead atoms. The first-order valence-electron chi connectivity index (χ1n) is 8.14. The van der Waals surface area contributed by atoms with Crippen LogP contribution in [0.15, 0.2) is 29.3 Å². The van der Waals surface area contributed by atoms with E-state index in [9.17, 15) is 8.42 Å². The highest BCUT2D eigenvalue weighted by molar-refractivity contribution is 14.0. The maximum Gasteiger partial charge on any atom is 0.191 e. The molecule has 0 saturated carbocycles. The van der Waals surface area contributed by atoms with Crippen molar-refractivity contribution in [2.45, 2.75) is 37.7 Å². The quantitative estimate of drug-likeness (QED) is 0.370. The van der Waals surface area contributed by atoms with Gasteiger partial charge in [-0.05, 0) is 30.9 Å². The minimum absolute atomic E-state index is 0. The molecule has 1 aromatic rings. The van der Waals surface area contributed by atoms with Gasteiger partial charge in [0.2, 0.25) is 0 Å². The SMILES string of the molecule is CN=C(NCc1ccc(CS(C)(=O)=O)cc1)NCC1(C)CCCO1.I. The van der Waals surface area contributed by atoms with E-state index in [1.807, 2.05) is 24.3 Å². The molecule has 2 N–H and O–H groups in total. The number of rotatable bonds is 6. The van der Waals surface area contributed by atoms with Gasteiger partial charge in [-0.1, -0.05) is 24.3 Å². The molecule has 0 radical (unpaired) electrons. The van der Waals surface area contributed by atoms with Crippen molar-refractivity contribution in [3.05, 3.63) is 35.4 Å². The summed E-state index contributed by atoms with van der Waals surface area (Å²) in [5.74, 6) is 0.801. The van der Waals surface area contributed by atoms with Crippen LogP contribution >= 0.6 is 24.0 Å². The van der Waals surface area contributed by atoms with Crippen molar-refractivity contribution in [1.82, 2.24) is 10.6 Å². The van der Waals surface area contributed by atoms with Gasteiger partial charge in [0.25, 0.3) is 0 Å². The molecule has 1 aliphatic heterocycles. The fourth-order valence-electron chi connectivity index (χ4n) is 2.71. The summed E-state index contributed by atoms with van der Waals surface area (Å²) in [4.78, 5) is 4.22. The van der Waals surface area contributed by atoms with Gasteiger partial charge in [0, 0.05) is 33.0 Å². The molecule has 0 spiro atoms. The second-order valence-electron chi connectivity index (χ2n) is 6.57. The summed E-state index contributed by atoms with van der Waals surface area (Å²) in [7, 11) is -1.26. The molecule has 1 saturated heterocycles. The van der Waals surface area contributed by atoms with Crippen LogP contribution in [0.2, 0.25) is 0 Å². The summed E-state index contributed by atoms with van der Waals surface area (Å²) in [5.41, 5.74) is 1.75. The third-order valence-electron chi connectivity index (χ3n) is 4.07. The highest BCUT2D eigenvalue weighted by Crippen LogP contribution is 2.23. The first-order valence-corrected chi connectivity index (χ1v) is 10.2. The molecule has 0 aromatic heterocycles. The number of aliphatic imine (C=N–C) groups is 1. The van der Waals surface area contributed by atoms with Gasteiger partial charge in [0.1, 0.15) is 0 Å². The maximum absolute atomic E-state index is 11.3. The van der Waals surface area contributed by atoms with Crippen molar-refractivity contribution in [1.29, 1.82) is 0 Å². The monoisotopic (exact) mass is 481 g/mol. The van der Waals surface area contributed by atoms with E-state index in [4.69, 9.17) is 4.74 Å². The van der Waals surface area contributed by atoms with Crippen LogP contribution in [0.25, 0.3) is 0 Å². The number of guanidine groups is 1. The molecule has 142 valence electrons. The van der Waals surface area contributed by atoms with Crippen LogP contribution < -0.4 is 10.6 Å². The Hall–Kier alpha value is -0.870. The lowest BCUT2D eigenvalue weighted by atomic mass is 10.0. The average molecular weight is 481 g/mol. The van der Waals surface area contributed by atoms with Crippen molar-refractivity contribution < 1.29 is 13.2 Å². The predicted molar refractivity (Wildman–Crippen MR) is 112 cm³/mol. The van der Waals surface area contributed by atoms with Gasteiger partial charge in [-0.3, -0.25) is 4.99 Å². The van der Waals surface area contributed by atoms with Crippen LogP contribution in [0.5, 0.6) is 0 Å². The Morgan fingerprint density at radius 2 is 1.88 bits per heavy atom. The van der Waals surface area contributed by atoms with Gasteiger partial charge >= 0.3 is 0 Å². The van der Waals surface area contributed by atoms with Gasteiger partial charge < -0.3 is 15.4 Å². The van der Waals surface area contributed by atoms with Gasteiger partial charge in [-0.25, -0.2) is 8.42 Å². The van der Waals surface area contributed by atoms with Crippen LogP contribution in [-0.2, 0) is 26.9 Å². The summed E-state index contributed by atoms with van der Waals surface area (Å²) in [5, 5.41) is 6.56. The molecule has 1 fully saturated rings. The van der Waals surface area contributed by atoms with Gasteiger partial charge in [-0.15, -0.1) is 24.0 Å². The standard InChI is InChI=1S/C17H27N3O3S.HI/c1-17(9-4-10-23-17)13-20-16(18-2)19-11-14-5-7-15(8-6-14)12-24(3,21)22;/h5-8H,4,9-13H2,1-3H3,(H2,18,19,20);1H. The van der Waals surface area contributed by atoms with E-state index in [1.165, 1.54) is 6.26 Å². The Labute approximate surface area is 167 Å². The van der Waals surface area contributed by atoms with E-state index in [0.29, 0.717) is 6.54 Å². The van der Waals surface area contributed by atoms with E-state index in [2.05, 4.69) is 22.5 Å². The van der Waals surface area contributed by atoms with Crippen LogP contribution in [0.1, 0.15) is 30.9 Å². The normalized spacial score (nSPS) is 20.8. The summed E-state index contributed by atoms with van der Waals surface area (Å²) >= 11 is 0. The lowest BCUT2D eigenvalue weighted by molar-refractivity contribution is 0.0243. The summed E-state index contributed by atoms with van der Waals surface area (Å²) in [6, 6.07) is 7.56. The summed E-state index contributed by atoms with van der Waals surface area (Å²) in [6.07, 6.45) is 3.40. The van der Waals surface area contributed by atoms with Crippen molar-refractivity contribution in [2.24, 2.45) is 4.99 Å². The third kappa shape index (κ3) is 7.91. The minimum Gasteiger partial charge on any atom is -0.373 e. The zero-order chi connectivity index (χ0) is 17.6. The molecule has 25 heavy (non-hydrogen) atoms. The van der Waals surface area contributed by atoms with Crippen molar-refractivity contribution >= 4 is 39.8 Å². The molecule has 8 heteroatoms. The van der Waals surface area contributed by atoms with Crippen molar-refractivity contribution in [2.75, 3.05) is 26.5 Å². The molecular weight excluding hydrogens is 453 g/mol. The number of hydrogen-bond donors (Lipinski definition) is 2. The minimum atomic E-state index is -3.00. The number of sulfone groups is 1. The van der Waals surface area contributed by atoms with E-state index >= 15 is 0 Å². The summed E-state index contributed by atoms with van der Waals surface area (Å²) < 4.78 is 28.4. The zero-order valence-electron chi connectivity index (χ0n) is 15.0. The number of hydrogen-bond acceptors (Lipinski definition) is 4. The van der Waals surface area contributed by atoms with E-state index in [0.717, 1.165) is 43.1 Å². The number of nitrogens with one attached hydrogen (secondary N) is 2. The van der Waals surface area contributed by atoms with Crippen molar-refractivity contribution in [3.63, 3.8) is 0 Å². The van der Waals surface area contributed by atoms with E-state index in [-0.39, 0.29) is 35.3 Å². The fourth-order valence-corrected chi connectivity index (χ4v) is 3.51. The molecule has 0 aliphatic carbocycles. The Balaban J connectivity index is 0.00000312. The number of nitrogens with zero attached hydrogens (tertiary/aromatic N) is 1. The second kappa shape index (κ2) is 9.72. The highest BCUT2D eigenvalue weighted by Gasteiger charge is 2.29. The molecule has 6 nitrogen and oxygen atoms in total. The van der Waals surface area contributed by atoms with Crippen molar-refractivity contribution in [3.8, 4) is 0 Å². The van der Waals surface area contributed by atoms with E-state index in [1.54, 1.807) is 7.05 Å². The molecule has 1 atom stereocenters. The van der Waals surface area contributed by atoms with Crippen LogP contribution in [0.3, 0.4) is 0 Å². The Kier molecular flexibility index (Phi) is 8.62. The lowest BCUT2D eigenvalue weighted by Crippen LogP contribution is -2.45. The van der Waals surface area contributed by atoms with Gasteiger partial charge in [-0.2, -0.15) is 0 Å². The maximum atomic E-state index is 11.3. The molecule has 2 rings (SSSR count). The largest absolute Gasteiger partial charge is 0.373 e. The molecule has 1 unspecified atom stereocenters. The third-order valence-corrected chi connectivity index (χ3v) is 4.92. The second-order valence-corrected chi connectivity index (χ2v) is 8.71.